The average molecular weight is 249 g/mol. The van der Waals surface area contributed by atoms with Crippen molar-refractivity contribution in [3.05, 3.63) is 24.0 Å². The standard InChI is InChI=1S/C14H23N3O/c1-4-15-12(3)14-6-5-13(9-16-14)17-7-8-18-10-11(17)2/h5-6,9,11-12,15H,4,7-8,10H2,1-3H3. The van der Waals surface area contributed by atoms with Crippen LogP contribution in [0.4, 0.5) is 5.69 Å². The van der Waals surface area contributed by atoms with Crippen molar-refractivity contribution in [3.63, 3.8) is 0 Å². The van der Waals surface area contributed by atoms with E-state index in [1.54, 1.807) is 0 Å². The van der Waals surface area contributed by atoms with E-state index in [4.69, 9.17) is 4.74 Å². The van der Waals surface area contributed by atoms with Gasteiger partial charge in [0.2, 0.25) is 0 Å². The molecular formula is C14H23N3O. The molecular weight excluding hydrogens is 226 g/mol. The summed E-state index contributed by atoms with van der Waals surface area (Å²) in [5.74, 6) is 0. The molecule has 4 heteroatoms. The van der Waals surface area contributed by atoms with E-state index in [1.165, 1.54) is 5.69 Å². The van der Waals surface area contributed by atoms with E-state index in [1.807, 2.05) is 6.20 Å². The molecule has 0 saturated carbocycles. The van der Waals surface area contributed by atoms with Crippen LogP contribution >= 0.6 is 0 Å². The van der Waals surface area contributed by atoms with Crippen LogP contribution in [-0.4, -0.2) is 37.3 Å². The van der Waals surface area contributed by atoms with Crippen molar-refractivity contribution < 1.29 is 4.74 Å². The van der Waals surface area contributed by atoms with Crippen LogP contribution < -0.4 is 10.2 Å². The van der Waals surface area contributed by atoms with Gasteiger partial charge in [0.1, 0.15) is 0 Å². The Kier molecular flexibility index (Phi) is 4.55. The zero-order chi connectivity index (χ0) is 13.0. The van der Waals surface area contributed by atoms with Crippen molar-refractivity contribution in [2.24, 2.45) is 0 Å². The number of hydrogen-bond acceptors (Lipinski definition) is 4. The predicted molar refractivity (Wildman–Crippen MR) is 74.0 cm³/mol. The van der Waals surface area contributed by atoms with Gasteiger partial charge in [0.15, 0.2) is 0 Å². The number of morpholine rings is 1. The predicted octanol–water partition coefficient (Wildman–Crippen LogP) is 1.98. The zero-order valence-corrected chi connectivity index (χ0v) is 11.5. The average Bonchev–Trinajstić information content (AvgIpc) is 2.40. The Morgan fingerprint density at radius 3 is 3.00 bits per heavy atom. The molecule has 18 heavy (non-hydrogen) atoms. The summed E-state index contributed by atoms with van der Waals surface area (Å²) in [6.07, 6.45) is 1.98. The van der Waals surface area contributed by atoms with E-state index in [0.29, 0.717) is 12.1 Å². The lowest BCUT2D eigenvalue weighted by molar-refractivity contribution is 0.0989. The number of nitrogens with one attached hydrogen (secondary N) is 1. The molecule has 0 aliphatic carbocycles. The highest BCUT2D eigenvalue weighted by Crippen LogP contribution is 2.20. The first-order chi connectivity index (χ1) is 8.72. The maximum atomic E-state index is 5.46. The Labute approximate surface area is 109 Å². The fourth-order valence-corrected chi connectivity index (χ4v) is 2.35. The van der Waals surface area contributed by atoms with Crippen LogP contribution in [0.15, 0.2) is 18.3 Å². The molecule has 2 heterocycles. The maximum absolute atomic E-state index is 5.46. The van der Waals surface area contributed by atoms with Gasteiger partial charge in [-0.2, -0.15) is 0 Å². The Morgan fingerprint density at radius 2 is 2.39 bits per heavy atom. The van der Waals surface area contributed by atoms with E-state index < -0.39 is 0 Å². The second kappa shape index (κ2) is 6.16. The van der Waals surface area contributed by atoms with Gasteiger partial charge in [0.05, 0.1) is 30.8 Å². The summed E-state index contributed by atoms with van der Waals surface area (Å²) >= 11 is 0. The summed E-state index contributed by atoms with van der Waals surface area (Å²) in [5.41, 5.74) is 2.29. The van der Waals surface area contributed by atoms with Gasteiger partial charge < -0.3 is 15.0 Å². The van der Waals surface area contributed by atoms with Crippen molar-refractivity contribution in [1.82, 2.24) is 10.3 Å². The number of pyridine rings is 1. The molecule has 1 aromatic heterocycles. The minimum Gasteiger partial charge on any atom is -0.377 e. The smallest absolute Gasteiger partial charge is 0.0668 e. The van der Waals surface area contributed by atoms with Crippen LogP contribution in [0.25, 0.3) is 0 Å². The SMILES string of the molecule is CCNC(C)c1ccc(N2CCOCC2C)cn1. The molecule has 0 amide bonds. The van der Waals surface area contributed by atoms with Crippen LogP contribution in [0.2, 0.25) is 0 Å². The Balaban J connectivity index is 2.06. The monoisotopic (exact) mass is 249 g/mol. The topological polar surface area (TPSA) is 37.4 Å². The minimum atomic E-state index is 0.311. The van der Waals surface area contributed by atoms with Crippen LogP contribution in [0.1, 0.15) is 32.5 Å². The molecule has 1 saturated heterocycles. The summed E-state index contributed by atoms with van der Waals surface area (Å²) in [6, 6.07) is 5.02. The maximum Gasteiger partial charge on any atom is 0.0668 e. The Bertz CT molecular complexity index is 366. The lowest BCUT2D eigenvalue weighted by Gasteiger charge is -2.35. The zero-order valence-electron chi connectivity index (χ0n) is 11.5. The van der Waals surface area contributed by atoms with Gasteiger partial charge in [-0.05, 0) is 32.5 Å². The van der Waals surface area contributed by atoms with E-state index in [9.17, 15) is 0 Å². The van der Waals surface area contributed by atoms with Crippen molar-refractivity contribution in [3.8, 4) is 0 Å². The lowest BCUT2D eigenvalue weighted by Crippen LogP contribution is -2.43. The first-order valence-electron chi connectivity index (χ1n) is 6.76. The molecule has 1 aliphatic heterocycles. The highest BCUT2D eigenvalue weighted by atomic mass is 16.5. The highest BCUT2D eigenvalue weighted by molar-refractivity contribution is 5.46. The van der Waals surface area contributed by atoms with Gasteiger partial charge in [-0.1, -0.05) is 6.92 Å². The van der Waals surface area contributed by atoms with E-state index in [0.717, 1.165) is 32.0 Å². The normalized spacial score (nSPS) is 21.9. The third-order valence-corrected chi connectivity index (χ3v) is 3.42. The molecule has 2 atom stereocenters. The molecule has 4 nitrogen and oxygen atoms in total. The second-order valence-corrected chi connectivity index (χ2v) is 4.84. The molecule has 100 valence electrons. The quantitative estimate of drug-likeness (QED) is 0.885. The first kappa shape index (κ1) is 13.3. The third kappa shape index (κ3) is 3.00. The number of hydrogen-bond donors (Lipinski definition) is 1. The molecule has 0 bridgehead atoms. The Morgan fingerprint density at radius 1 is 1.56 bits per heavy atom. The molecule has 1 N–H and O–H groups in total. The van der Waals surface area contributed by atoms with E-state index >= 15 is 0 Å². The highest BCUT2D eigenvalue weighted by Gasteiger charge is 2.19. The third-order valence-electron chi connectivity index (χ3n) is 3.42. The number of nitrogens with zero attached hydrogens (tertiary/aromatic N) is 2. The van der Waals surface area contributed by atoms with E-state index in [2.05, 4.69) is 48.1 Å². The number of ether oxygens (including phenoxy) is 1. The van der Waals surface area contributed by atoms with Gasteiger partial charge in [-0.25, -0.2) is 0 Å². The van der Waals surface area contributed by atoms with Gasteiger partial charge in [0.25, 0.3) is 0 Å². The first-order valence-corrected chi connectivity index (χ1v) is 6.76. The molecule has 1 aromatic rings. The van der Waals surface area contributed by atoms with Crippen molar-refractivity contribution in [1.29, 1.82) is 0 Å². The fourth-order valence-electron chi connectivity index (χ4n) is 2.35. The molecule has 1 aliphatic rings. The summed E-state index contributed by atoms with van der Waals surface area (Å²) in [5, 5.41) is 3.37. The molecule has 1 fully saturated rings. The van der Waals surface area contributed by atoms with Gasteiger partial charge in [-0.15, -0.1) is 0 Å². The minimum absolute atomic E-state index is 0.311. The van der Waals surface area contributed by atoms with E-state index in [-0.39, 0.29) is 0 Å². The Hall–Kier alpha value is -1.13. The van der Waals surface area contributed by atoms with Gasteiger partial charge >= 0.3 is 0 Å². The number of aromatic nitrogens is 1. The largest absolute Gasteiger partial charge is 0.377 e. The molecule has 0 radical (unpaired) electrons. The van der Waals surface area contributed by atoms with Crippen LogP contribution in [0, 0.1) is 0 Å². The summed E-state index contributed by atoms with van der Waals surface area (Å²) in [7, 11) is 0. The van der Waals surface area contributed by atoms with Crippen molar-refractivity contribution in [2.45, 2.75) is 32.9 Å². The molecule has 2 unspecified atom stereocenters. The van der Waals surface area contributed by atoms with Crippen molar-refractivity contribution in [2.75, 3.05) is 31.2 Å². The van der Waals surface area contributed by atoms with Crippen molar-refractivity contribution >= 4 is 5.69 Å². The van der Waals surface area contributed by atoms with Crippen LogP contribution in [-0.2, 0) is 4.74 Å². The summed E-state index contributed by atoms with van der Waals surface area (Å²) < 4.78 is 5.46. The van der Waals surface area contributed by atoms with Crippen LogP contribution in [0.3, 0.4) is 0 Å². The lowest BCUT2D eigenvalue weighted by atomic mass is 10.2. The molecule has 2 rings (SSSR count). The summed E-state index contributed by atoms with van der Waals surface area (Å²) in [6.45, 7) is 9.96. The summed E-state index contributed by atoms with van der Waals surface area (Å²) in [4.78, 5) is 6.92. The van der Waals surface area contributed by atoms with Gasteiger partial charge in [0, 0.05) is 18.6 Å². The number of anilines is 1. The fraction of sp³-hybridized carbons (Fsp3) is 0.643. The second-order valence-electron chi connectivity index (χ2n) is 4.84. The molecule has 0 aromatic carbocycles. The van der Waals surface area contributed by atoms with Gasteiger partial charge in [-0.3, -0.25) is 4.98 Å². The molecule has 0 spiro atoms. The number of rotatable bonds is 4. The van der Waals surface area contributed by atoms with Crippen LogP contribution in [0.5, 0.6) is 0 Å².